The summed E-state index contributed by atoms with van der Waals surface area (Å²) in [5.41, 5.74) is -0.0119. The van der Waals surface area contributed by atoms with Crippen LogP contribution in [-0.2, 0) is 10.1 Å². The first-order valence-corrected chi connectivity index (χ1v) is 6.68. The molecule has 0 fully saturated rings. The molecule has 0 radical (unpaired) electrons. The summed E-state index contributed by atoms with van der Waals surface area (Å²) in [7, 11) is 0. The minimum absolute atomic E-state index is 0.00104. The topological polar surface area (TPSA) is 72.8 Å². The fourth-order valence-electron chi connectivity index (χ4n) is 1.39. The van der Waals surface area contributed by atoms with E-state index in [0.717, 1.165) is 0 Å². The second-order valence-corrected chi connectivity index (χ2v) is 5.36. The highest BCUT2D eigenvalue weighted by Crippen LogP contribution is 2.28. The largest absolute Gasteiger partial charge is 0.511 e. The Morgan fingerprint density at radius 2 is 1.95 bits per heavy atom. The second kappa shape index (κ2) is 6.06. The van der Waals surface area contributed by atoms with Gasteiger partial charge in [-0.05, 0) is 26.8 Å². The fourth-order valence-corrected chi connectivity index (χ4v) is 1.83. The predicted octanol–water partition coefficient (Wildman–Crippen LogP) is 3.59. The number of para-hydroxylation sites is 1. The second-order valence-electron chi connectivity index (χ2n) is 4.80. The van der Waals surface area contributed by atoms with Gasteiger partial charge < -0.3 is 14.6 Å². The molecule has 0 amide bonds. The number of benzene rings is 1. The third-order valence-electron chi connectivity index (χ3n) is 2.05. The maximum Gasteiger partial charge on any atom is 0.511 e. The molecule has 0 saturated heterocycles. The number of ether oxygens (including phenoxy) is 2. The number of alkyl halides is 1. The van der Waals surface area contributed by atoms with Crippen molar-refractivity contribution in [3.8, 4) is 5.75 Å². The number of hydrogen-bond donors (Lipinski definition) is 1. The normalized spacial score (nSPS) is 10.9. The zero-order valence-corrected chi connectivity index (χ0v) is 12.5. The SMILES string of the molecule is CC(C)(C)OC(=O)c1cccc(CBr)c1OC(=O)O. The lowest BCUT2D eigenvalue weighted by Gasteiger charge is -2.20. The number of rotatable bonds is 3. The van der Waals surface area contributed by atoms with Crippen LogP contribution in [0.25, 0.3) is 0 Å². The van der Waals surface area contributed by atoms with Gasteiger partial charge in [0.2, 0.25) is 0 Å². The quantitative estimate of drug-likeness (QED) is 0.520. The monoisotopic (exact) mass is 330 g/mol. The number of halogens is 1. The molecule has 0 aliphatic heterocycles. The van der Waals surface area contributed by atoms with Crippen LogP contribution in [0.2, 0.25) is 0 Å². The Bertz CT molecular complexity index is 490. The summed E-state index contributed by atoms with van der Waals surface area (Å²) in [6, 6.07) is 4.78. The molecular weight excluding hydrogens is 316 g/mol. The van der Waals surface area contributed by atoms with Crippen molar-refractivity contribution in [1.82, 2.24) is 0 Å². The van der Waals surface area contributed by atoms with Gasteiger partial charge in [-0.1, -0.05) is 28.1 Å². The van der Waals surface area contributed by atoms with E-state index in [1.165, 1.54) is 6.07 Å². The number of carboxylic acid groups (broad SMARTS) is 1. The van der Waals surface area contributed by atoms with Gasteiger partial charge in [-0.25, -0.2) is 9.59 Å². The van der Waals surface area contributed by atoms with E-state index in [0.29, 0.717) is 10.9 Å². The maximum absolute atomic E-state index is 12.0. The van der Waals surface area contributed by atoms with E-state index in [9.17, 15) is 9.59 Å². The molecule has 0 aromatic heterocycles. The van der Waals surface area contributed by atoms with Crippen LogP contribution in [-0.4, -0.2) is 22.8 Å². The van der Waals surface area contributed by atoms with Crippen LogP contribution in [0.1, 0.15) is 36.7 Å². The van der Waals surface area contributed by atoms with Gasteiger partial charge in [0.25, 0.3) is 0 Å². The van der Waals surface area contributed by atoms with Crippen molar-refractivity contribution in [3.63, 3.8) is 0 Å². The van der Waals surface area contributed by atoms with Crippen molar-refractivity contribution < 1.29 is 24.2 Å². The number of carbonyl (C=O) groups excluding carboxylic acids is 1. The highest BCUT2D eigenvalue weighted by molar-refractivity contribution is 9.08. The average Bonchev–Trinajstić information content (AvgIpc) is 2.26. The Morgan fingerprint density at radius 1 is 1.32 bits per heavy atom. The third kappa shape index (κ3) is 4.55. The predicted molar refractivity (Wildman–Crippen MR) is 72.9 cm³/mol. The van der Waals surface area contributed by atoms with E-state index in [2.05, 4.69) is 20.7 Å². The van der Waals surface area contributed by atoms with Crippen molar-refractivity contribution in [2.75, 3.05) is 0 Å². The van der Waals surface area contributed by atoms with E-state index in [-0.39, 0.29) is 11.3 Å². The Kier molecular flexibility index (Phi) is 4.94. The summed E-state index contributed by atoms with van der Waals surface area (Å²) in [4.78, 5) is 22.7. The zero-order chi connectivity index (χ0) is 14.6. The fraction of sp³-hybridized carbons (Fsp3) is 0.385. The Hall–Kier alpha value is -1.56. The molecular formula is C13H15BrO5. The third-order valence-corrected chi connectivity index (χ3v) is 2.65. The van der Waals surface area contributed by atoms with E-state index in [1.807, 2.05) is 0 Å². The van der Waals surface area contributed by atoms with E-state index in [4.69, 9.17) is 9.84 Å². The molecule has 0 aliphatic carbocycles. The molecule has 1 N–H and O–H groups in total. The van der Waals surface area contributed by atoms with Crippen LogP contribution >= 0.6 is 15.9 Å². The maximum atomic E-state index is 12.0. The lowest BCUT2D eigenvalue weighted by Crippen LogP contribution is -2.24. The molecule has 0 spiro atoms. The van der Waals surface area contributed by atoms with Crippen molar-refractivity contribution in [1.29, 1.82) is 0 Å². The Morgan fingerprint density at radius 3 is 2.42 bits per heavy atom. The number of carbonyl (C=O) groups is 2. The molecule has 6 heteroatoms. The number of esters is 1. The van der Waals surface area contributed by atoms with Gasteiger partial charge >= 0.3 is 12.1 Å². The summed E-state index contributed by atoms with van der Waals surface area (Å²) in [6.07, 6.45) is -1.47. The lowest BCUT2D eigenvalue weighted by molar-refractivity contribution is 0.00668. The molecule has 5 nitrogen and oxygen atoms in total. The molecule has 104 valence electrons. The molecule has 1 aromatic rings. The van der Waals surface area contributed by atoms with E-state index >= 15 is 0 Å². The first-order chi connectivity index (χ1) is 8.74. The van der Waals surface area contributed by atoms with Gasteiger partial charge in [0.1, 0.15) is 11.2 Å². The van der Waals surface area contributed by atoms with Crippen LogP contribution in [0, 0.1) is 0 Å². The van der Waals surface area contributed by atoms with Crippen molar-refractivity contribution in [2.45, 2.75) is 31.7 Å². The lowest BCUT2D eigenvalue weighted by atomic mass is 10.1. The molecule has 0 unspecified atom stereocenters. The summed E-state index contributed by atoms with van der Waals surface area (Å²) >= 11 is 3.22. The molecule has 1 rings (SSSR count). The Balaban J connectivity index is 3.19. The summed E-state index contributed by atoms with van der Waals surface area (Å²) in [5, 5.41) is 9.10. The molecule has 0 heterocycles. The van der Waals surface area contributed by atoms with E-state index < -0.39 is 17.7 Å². The molecule has 0 atom stereocenters. The minimum atomic E-state index is -1.47. The van der Waals surface area contributed by atoms with Crippen molar-refractivity contribution in [2.24, 2.45) is 0 Å². The average molecular weight is 331 g/mol. The first kappa shape index (κ1) is 15.5. The van der Waals surface area contributed by atoms with Crippen LogP contribution in [0.3, 0.4) is 0 Å². The number of hydrogen-bond acceptors (Lipinski definition) is 4. The van der Waals surface area contributed by atoms with Gasteiger partial charge in [0, 0.05) is 10.9 Å². The summed E-state index contributed by atoms with van der Waals surface area (Å²) in [6.45, 7) is 5.20. The van der Waals surface area contributed by atoms with Crippen LogP contribution in [0.15, 0.2) is 18.2 Å². The molecule has 0 saturated carbocycles. The molecule has 0 bridgehead atoms. The highest BCUT2D eigenvalue weighted by atomic mass is 79.9. The minimum Gasteiger partial charge on any atom is -0.456 e. The molecule has 0 aliphatic rings. The van der Waals surface area contributed by atoms with E-state index in [1.54, 1.807) is 32.9 Å². The zero-order valence-electron chi connectivity index (χ0n) is 10.9. The van der Waals surface area contributed by atoms with Crippen LogP contribution in [0.4, 0.5) is 4.79 Å². The summed E-state index contributed by atoms with van der Waals surface area (Å²) in [5.74, 6) is -0.618. The molecule has 19 heavy (non-hydrogen) atoms. The Labute approximate surface area is 119 Å². The highest BCUT2D eigenvalue weighted by Gasteiger charge is 2.23. The van der Waals surface area contributed by atoms with Gasteiger partial charge in [0.05, 0.1) is 0 Å². The molecule has 1 aromatic carbocycles. The standard InChI is InChI=1S/C13H15BrO5/c1-13(2,3)19-11(15)9-6-4-5-8(7-14)10(9)18-12(16)17/h4-6H,7H2,1-3H3,(H,16,17). The first-order valence-electron chi connectivity index (χ1n) is 5.56. The van der Waals surface area contributed by atoms with Gasteiger partial charge in [0.15, 0.2) is 5.75 Å². The van der Waals surface area contributed by atoms with Crippen LogP contribution < -0.4 is 4.74 Å². The summed E-state index contributed by atoms with van der Waals surface area (Å²) < 4.78 is 9.91. The van der Waals surface area contributed by atoms with Gasteiger partial charge in [-0.3, -0.25) is 0 Å². The smallest absolute Gasteiger partial charge is 0.456 e. The van der Waals surface area contributed by atoms with Gasteiger partial charge in [-0.15, -0.1) is 0 Å². The van der Waals surface area contributed by atoms with Gasteiger partial charge in [-0.2, -0.15) is 0 Å². The van der Waals surface area contributed by atoms with Crippen molar-refractivity contribution >= 4 is 28.1 Å². The van der Waals surface area contributed by atoms with Crippen LogP contribution in [0.5, 0.6) is 5.75 Å². The van der Waals surface area contributed by atoms with Crippen molar-refractivity contribution in [3.05, 3.63) is 29.3 Å².